The molecule has 0 aromatic heterocycles. The molecule has 17 unspecified atom stereocenters. The fraction of sp³-hybridized carbons (Fsp3) is 0.765. The fourth-order valence-corrected chi connectivity index (χ4v) is 12.6. The smallest absolute Gasteiger partial charge is 0.220 e. The molecule has 3 heterocycles. The highest BCUT2D eigenvalue weighted by Gasteiger charge is 2.54. The van der Waals surface area contributed by atoms with Crippen molar-refractivity contribution in [3.63, 3.8) is 0 Å². The van der Waals surface area contributed by atoms with Crippen LogP contribution in [0.25, 0.3) is 0 Å². The lowest BCUT2D eigenvalue weighted by Crippen LogP contribution is -2.66. The topological polar surface area (TPSA) is 307 Å². The Kier molecular flexibility index (Phi) is 55.0. The molecule has 0 bridgehead atoms. The maximum absolute atomic E-state index is 13.5. The maximum atomic E-state index is 13.5. The number of allylic oxidation sites excluding steroid dienone is 18. The van der Waals surface area contributed by atoms with Gasteiger partial charge in [0.05, 0.1) is 38.6 Å². The van der Waals surface area contributed by atoms with Crippen molar-refractivity contribution in [3.05, 3.63) is 109 Å². The Morgan fingerprint density at radius 3 is 1.08 bits per heavy atom. The van der Waals surface area contributed by atoms with Crippen molar-refractivity contribution < 1.29 is 89.4 Å². The Morgan fingerprint density at radius 2 is 0.690 bits per heavy atom. The summed E-state index contributed by atoms with van der Waals surface area (Å²) in [5, 5.41) is 121. The molecule has 3 fully saturated rings. The van der Waals surface area contributed by atoms with Gasteiger partial charge < -0.3 is 89.9 Å². The molecule has 0 aromatic carbocycles. The summed E-state index contributed by atoms with van der Waals surface area (Å²) >= 11 is 0. The number of carbonyl (C=O) groups excluding carboxylic acids is 1. The van der Waals surface area contributed by atoms with E-state index < -0.39 is 124 Å². The summed E-state index contributed by atoms with van der Waals surface area (Å²) in [6, 6.07) is -0.899. The van der Waals surface area contributed by atoms with Gasteiger partial charge in [-0.3, -0.25) is 4.79 Å². The number of unbranched alkanes of at least 4 members (excludes halogenated alkanes) is 26. The van der Waals surface area contributed by atoms with Crippen LogP contribution in [0.3, 0.4) is 0 Å². The molecule has 0 radical (unpaired) electrons. The molecule has 100 heavy (non-hydrogen) atoms. The van der Waals surface area contributed by atoms with E-state index in [0.29, 0.717) is 12.8 Å². The van der Waals surface area contributed by atoms with Crippen LogP contribution in [0.15, 0.2) is 109 Å². The van der Waals surface area contributed by atoms with Crippen LogP contribution in [-0.4, -0.2) is 193 Å². The van der Waals surface area contributed by atoms with Gasteiger partial charge in [0.2, 0.25) is 5.91 Å². The number of carbonyl (C=O) groups is 1. The van der Waals surface area contributed by atoms with Gasteiger partial charge in [-0.05, 0) is 83.5 Å². The van der Waals surface area contributed by atoms with Crippen LogP contribution in [0.4, 0.5) is 0 Å². The lowest BCUT2D eigenvalue weighted by atomic mass is 9.96. The molecule has 1 amide bonds. The van der Waals surface area contributed by atoms with Crippen LogP contribution in [0.5, 0.6) is 0 Å². The van der Waals surface area contributed by atoms with Gasteiger partial charge in [0.15, 0.2) is 18.9 Å². The van der Waals surface area contributed by atoms with E-state index in [9.17, 15) is 61.0 Å². The normalized spacial score (nSPS) is 27.1. The zero-order chi connectivity index (χ0) is 72.5. The number of amides is 1. The van der Waals surface area contributed by atoms with Crippen LogP contribution >= 0.6 is 0 Å². The van der Waals surface area contributed by atoms with Gasteiger partial charge in [-0.15, -0.1) is 0 Å². The molecule has 0 spiro atoms. The number of ether oxygens (including phenoxy) is 6. The first-order chi connectivity index (χ1) is 48.8. The van der Waals surface area contributed by atoms with Crippen LogP contribution in [-0.2, 0) is 33.2 Å². The van der Waals surface area contributed by atoms with Crippen LogP contribution in [0, 0.1) is 0 Å². The minimum absolute atomic E-state index is 0.252. The number of rotatable bonds is 60. The number of aliphatic hydroxyl groups excluding tert-OH is 11. The Bertz CT molecular complexity index is 2230. The van der Waals surface area contributed by atoms with Gasteiger partial charge in [0.25, 0.3) is 0 Å². The Hall–Kier alpha value is -3.55. The molecule has 3 saturated heterocycles. The summed E-state index contributed by atoms with van der Waals surface area (Å²) in [6.07, 6.45) is 55.9. The minimum Gasteiger partial charge on any atom is -0.394 e. The molecule has 3 aliphatic rings. The van der Waals surface area contributed by atoms with E-state index in [-0.39, 0.29) is 18.9 Å². The van der Waals surface area contributed by atoms with E-state index in [0.717, 1.165) is 116 Å². The third kappa shape index (κ3) is 40.6. The van der Waals surface area contributed by atoms with Gasteiger partial charge in [-0.1, -0.05) is 284 Å². The lowest BCUT2D eigenvalue weighted by Gasteiger charge is -2.48. The Morgan fingerprint density at radius 1 is 0.370 bits per heavy atom. The van der Waals surface area contributed by atoms with Crippen molar-refractivity contribution in [2.24, 2.45) is 0 Å². The summed E-state index contributed by atoms with van der Waals surface area (Å²) in [5.41, 5.74) is 0. The molecule has 3 rings (SSSR count). The average Bonchev–Trinajstić information content (AvgIpc) is 0.783. The van der Waals surface area contributed by atoms with E-state index in [2.05, 4.69) is 129 Å². The SMILES string of the molecule is CC/C=C\C/C=C\C/C=C\C/C=C\C/C=C\C/C=C\C/C=C\C/C=C\C/C=C\CCCCCCCCCCCC(=O)NC(COC1OC(CO)C(OC2OC(CO)C(OC3OC(CO)C(O)C(O)C3O)C(O)C2O)C(O)C1O)C(O)CCCCCCCCCCCCCCCCCCCC. The van der Waals surface area contributed by atoms with Crippen molar-refractivity contribution in [2.75, 3.05) is 26.4 Å². The van der Waals surface area contributed by atoms with Crippen LogP contribution in [0.2, 0.25) is 0 Å². The first-order valence-electron chi connectivity index (χ1n) is 39.1. The minimum atomic E-state index is -1.98. The standard InChI is InChI=1S/C81H139NO18/c1-3-5-7-9-11-13-15-17-19-21-23-24-25-26-27-28-29-30-31-32-33-34-35-36-37-38-39-40-41-43-45-47-49-51-53-55-57-59-69(87)82-64(65(86)58-56-54-52-50-48-46-44-42-22-20-18-16-14-12-10-8-6-4-2)63-95-79-75(93)72(90)77(67(61-84)97-79)100-81-76(94)73(91)78(68(62-85)98-81)99-80-74(92)71(89)70(88)66(60-83)96-80/h5,7,11,13,17,19,23-24,26-27,29-30,32-33,35-36,38-39,64-68,70-81,83-86,88-94H,3-4,6,8-10,12,14-16,18,20-22,25,28,31,34,37,40-63H2,1-2H3,(H,82,87)/b7-5-,13-11-,19-17-,24-23-,27-26-,30-29-,33-32-,36-35-,39-38-. The quantitative estimate of drug-likeness (QED) is 0.0199. The third-order valence-electron chi connectivity index (χ3n) is 18.9. The third-order valence-corrected chi connectivity index (χ3v) is 18.9. The number of aliphatic hydroxyl groups is 11. The monoisotopic (exact) mass is 1410 g/mol. The summed E-state index contributed by atoms with van der Waals surface area (Å²) in [6.45, 7) is 1.69. The molecule has 17 atom stereocenters. The molecule has 576 valence electrons. The summed E-state index contributed by atoms with van der Waals surface area (Å²) in [5.74, 6) is -0.252. The van der Waals surface area contributed by atoms with E-state index in [1.165, 1.54) is 116 Å². The highest BCUT2D eigenvalue weighted by atomic mass is 16.8. The summed E-state index contributed by atoms with van der Waals surface area (Å²) in [4.78, 5) is 13.5. The molecule has 12 N–H and O–H groups in total. The predicted molar refractivity (Wildman–Crippen MR) is 397 cm³/mol. The van der Waals surface area contributed by atoms with Gasteiger partial charge in [0, 0.05) is 6.42 Å². The van der Waals surface area contributed by atoms with Gasteiger partial charge in [-0.2, -0.15) is 0 Å². The number of hydrogen-bond acceptors (Lipinski definition) is 18. The van der Waals surface area contributed by atoms with E-state index >= 15 is 0 Å². The zero-order valence-electron chi connectivity index (χ0n) is 61.4. The second kappa shape index (κ2) is 60.7. The maximum Gasteiger partial charge on any atom is 0.220 e. The van der Waals surface area contributed by atoms with Crippen molar-refractivity contribution in [1.29, 1.82) is 0 Å². The van der Waals surface area contributed by atoms with E-state index in [1.807, 2.05) is 0 Å². The molecular formula is C81H139NO18. The Labute approximate surface area is 602 Å². The molecular weight excluding hydrogens is 1270 g/mol. The molecule has 3 aliphatic heterocycles. The predicted octanol–water partition coefficient (Wildman–Crippen LogP) is 12.6. The summed E-state index contributed by atoms with van der Waals surface area (Å²) < 4.78 is 34.5. The van der Waals surface area contributed by atoms with E-state index in [4.69, 9.17) is 28.4 Å². The second-order valence-electron chi connectivity index (χ2n) is 27.4. The van der Waals surface area contributed by atoms with Crippen LogP contribution in [0.1, 0.15) is 264 Å². The van der Waals surface area contributed by atoms with Crippen LogP contribution < -0.4 is 5.32 Å². The highest BCUT2D eigenvalue weighted by Crippen LogP contribution is 2.33. The molecule has 19 nitrogen and oxygen atoms in total. The van der Waals surface area contributed by atoms with Crippen molar-refractivity contribution in [3.8, 4) is 0 Å². The van der Waals surface area contributed by atoms with Gasteiger partial charge >= 0.3 is 0 Å². The van der Waals surface area contributed by atoms with Gasteiger partial charge in [-0.25, -0.2) is 0 Å². The molecule has 0 aliphatic carbocycles. The Balaban J connectivity index is 1.36. The number of hydrogen-bond donors (Lipinski definition) is 12. The van der Waals surface area contributed by atoms with E-state index in [1.54, 1.807) is 0 Å². The first-order valence-corrected chi connectivity index (χ1v) is 39.1. The van der Waals surface area contributed by atoms with Crippen molar-refractivity contribution in [1.82, 2.24) is 5.32 Å². The molecule has 19 heteroatoms. The fourth-order valence-electron chi connectivity index (χ4n) is 12.6. The molecule has 0 aromatic rings. The zero-order valence-corrected chi connectivity index (χ0v) is 61.4. The first kappa shape index (κ1) is 90.7. The van der Waals surface area contributed by atoms with Crippen molar-refractivity contribution in [2.45, 2.75) is 369 Å². The molecule has 0 saturated carbocycles. The number of nitrogens with one attached hydrogen (secondary N) is 1. The largest absolute Gasteiger partial charge is 0.394 e. The van der Waals surface area contributed by atoms with Crippen molar-refractivity contribution >= 4 is 5.91 Å². The highest BCUT2D eigenvalue weighted by molar-refractivity contribution is 5.76. The second-order valence-corrected chi connectivity index (χ2v) is 27.4. The van der Waals surface area contributed by atoms with Gasteiger partial charge in [0.1, 0.15) is 73.2 Å². The summed E-state index contributed by atoms with van der Waals surface area (Å²) in [7, 11) is 0. The average molecular weight is 1410 g/mol. The lowest BCUT2D eigenvalue weighted by molar-refractivity contribution is -0.379.